The van der Waals surface area contributed by atoms with Crippen molar-refractivity contribution >= 4 is 16.8 Å². The van der Waals surface area contributed by atoms with E-state index in [-0.39, 0.29) is 11.5 Å². The van der Waals surface area contributed by atoms with Gasteiger partial charge < -0.3 is 19.8 Å². The van der Waals surface area contributed by atoms with E-state index in [1.807, 2.05) is 16.7 Å². The third-order valence-corrected chi connectivity index (χ3v) is 6.83. The van der Waals surface area contributed by atoms with Gasteiger partial charge in [-0.05, 0) is 42.9 Å². The van der Waals surface area contributed by atoms with Crippen LogP contribution in [0.3, 0.4) is 0 Å². The second-order valence-corrected chi connectivity index (χ2v) is 9.02. The number of carbonyl (C=O) groups is 1. The number of likely N-dealkylation sites (tertiary alicyclic amines) is 1. The number of carbonyl (C=O) groups excluding carboxylic acids is 1. The van der Waals surface area contributed by atoms with Crippen LogP contribution < -0.4 is 10.9 Å². The fraction of sp³-hybridized carbons (Fsp3) is 0.440. The van der Waals surface area contributed by atoms with Gasteiger partial charge in [-0.25, -0.2) is 0 Å². The fourth-order valence-electron chi connectivity index (χ4n) is 5.40. The van der Waals surface area contributed by atoms with Crippen LogP contribution in [0.15, 0.2) is 53.5 Å². The zero-order valence-corrected chi connectivity index (χ0v) is 17.8. The van der Waals surface area contributed by atoms with Crippen LogP contribution in [0.4, 0.5) is 0 Å². The number of H-pyrrole nitrogens is 1. The first-order chi connectivity index (χ1) is 15.2. The first-order valence-corrected chi connectivity index (χ1v) is 11.4. The number of para-hydroxylation sites is 1. The number of aromatic amines is 1. The van der Waals surface area contributed by atoms with Gasteiger partial charge >= 0.3 is 0 Å². The Morgan fingerprint density at radius 2 is 2.00 bits per heavy atom. The number of amides is 1. The highest BCUT2D eigenvalue weighted by molar-refractivity contribution is 5.83. The number of benzene rings is 1. The van der Waals surface area contributed by atoms with E-state index < -0.39 is 0 Å². The number of nitrogens with zero attached hydrogens (tertiary/aromatic N) is 2. The minimum Gasteiger partial charge on any atom is -0.361 e. The molecule has 2 atom stereocenters. The average Bonchev–Trinajstić information content (AvgIpc) is 3.18. The van der Waals surface area contributed by atoms with E-state index in [4.69, 9.17) is 0 Å². The molecule has 2 bridgehead atoms. The van der Waals surface area contributed by atoms with Crippen LogP contribution in [0.25, 0.3) is 10.9 Å². The highest BCUT2D eigenvalue weighted by atomic mass is 16.1. The van der Waals surface area contributed by atoms with Crippen molar-refractivity contribution in [3.05, 3.63) is 70.3 Å². The quantitative estimate of drug-likeness (QED) is 0.620. The lowest BCUT2D eigenvalue weighted by Gasteiger charge is -2.42. The van der Waals surface area contributed by atoms with Crippen molar-refractivity contribution < 1.29 is 4.79 Å². The molecule has 2 aliphatic heterocycles. The van der Waals surface area contributed by atoms with Crippen molar-refractivity contribution in [2.24, 2.45) is 5.92 Å². The molecule has 1 saturated heterocycles. The fourth-order valence-corrected chi connectivity index (χ4v) is 5.40. The summed E-state index contributed by atoms with van der Waals surface area (Å²) in [5.41, 5.74) is 3.73. The molecule has 6 nitrogen and oxygen atoms in total. The summed E-state index contributed by atoms with van der Waals surface area (Å²) in [6, 6.07) is 13.9. The van der Waals surface area contributed by atoms with E-state index in [9.17, 15) is 9.59 Å². The van der Waals surface area contributed by atoms with Crippen LogP contribution in [-0.2, 0) is 17.8 Å². The predicted octanol–water partition coefficient (Wildman–Crippen LogP) is 2.89. The lowest BCUT2D eigenvalue weighted by molar-refractivity contribution is -0.121. The molecule has 3 aromatic rings. The molecule has 0 saturated carbocycles. The minimum atomic E-state index is 0.126. The monoisotopic (exact) mass is 418 g/mol. The number of hydrogen-bond donors (Lipinski definition) is 2. The maximum absolute atomic E-state index is 12.3. The molecule has 0 aliphatic carbocycles. The molecular formula is C25H30N4O2. The molecule has 1 aromatic carbocycles. The second-order valence-electron chi connectivity index (χ2n) is 9.02. The van der Waals surface area contributed by atoms with Gasteiger partial charge in [0.05, 0.1) is 0 Å². The molecule has 6 heteroatoms. The number of nitrogens with one attached hydrogen (secondary N) is 2. The van der Waals surface area contributed by atoms with Gasteiger partial charge in [-0.3, -0.25) is 9.59 Å². The van der Waals surface area contributed by atoms with Gasteiger partial charge in [0.2, 0.25) is 5.91 Å². The van der Waals surface area contributed by atoms with Gasteiger partial charge in [0.15, 0.2) is 0 Å². The van der Waals surface area contributed by atoms with Gasteiger partial charge in [0, 0.05) is 73.9 Å². The smallest absolute Gasteiger partial charge is 0.250 e. The number of aromatic nitrogens is 2. The first kappa shape index (κ1) is 20.1. The topological polar surface area (TPSA) is 70.1 Å². The number of fused-ring (bicyclic) bond motifs is 5. The average molecular weight is 419 g/mol. The van der Waals surface area contributed by atoms with Crippen LogP contribution in [0.5, 0.6) is 0 Å². The number of pyridine rings is 1. The number of hydrogen-bond acceptors (Lipinski definition) is 3. The normalized spacial score (nSPS) is 20.5. The van der Waals surface area contributed by atoms with Crippen molar-refractivity contribution in [3.8, 4) is 0 Å². The van der Waals surface area contributed by atoms with E-state index >= 15 is 0 Å². The van der Waals surface area contributed by atoms with Crippen LogP contribution in [-0.4, -0.2) is 46.5 Å². The summed E-state index contributed by atoms with van der Waals surface area (Å²) < 4.78 is 1.96. The summed E-state index contributed by atoms with van der Waals surface area (Å²) in [5.74, 6) is 1.08. The number of rotatable bonds is 7. The third kappa shape index (κ3) is 4.30. The van der Waals surface area contributed by atoms with Gasteiger partial charge in [0.1, 0.15) is 0 Å². The molecule has 5 rings (SSSR count). The van der Waals surface area contributed by atoms with E-state index in [1.54, 1.807) is 6.07 Å². The largest absolute Gasteiger partial charge is 0.361 e. The van der Waals surface area contributed by atoms with E-state index in [0.717, 1.165) is 44.5 Å². The molecule has 162 valence electrons. The zero-order chi connectivity index (χ0) is 21.2. The lowest BCUT2D eigenvalue weighted by Crippen LogP contribution is -2.48. The van der Waals surface area contributed by atoms with Crippen molar-refractivity contribution in [1.29, 1.82) is 0 Å². The standard InChI is InChI=1S/C25H30N4O2/c30-24(9-3-5-19-14-27-22-7-2-1-6-21(19)22)26-11-12-28-15-18-13-20(17-28)23-8-4-10-25(31)29(23)16-18/h1-2,4,6-8,10,14,18,20,27H,3,5,9,11-13,15-17H2,(H,26,30)/t18-,20+/m0/s1. The molecular weight excluding hydrogens is 388 g/mol. The Labute approximate surface area is 182 Å². The molecule has 2 N–H and O–H groups in total. The highest BCUT2D eigenvalue weighted by Crippen LogP contribution is 2.34. The SMILES string of the molecule is O=C(CCCc1c[nH]c2ccccc12)NCCN1C[C@@H]2C[C@H](C1)c1cccc(=O)n1C2. The van der Waals surface area contributed by atoms with Crippen LogP contribution in [0, 0.1) is 5.92 Å². The summed E-state index contributed by atoms with van der Waals surface area (Å²) in [4.78, 5) is 30.2. The van der Waals surface area contributed by atoms with Crippen molar-refractivity contribution in [2.75, 3.05) is 26.2 Å². The van der Waals surface area contributed by atoms with Crippen LogP contribution in [0.2, 0.25) is 0 Å². The second kappa shape index (κ2) is 8.71. The molecule has 4 heterocycles. The summed E-state index contributed by atoms with van der Waals surface area (Å²) >= 11 is 0. The molecule has 1 fully saturated rings. The Morgan fingerprint density at radius 3 is 2.94 bits per heavy atom. The van der Waals surface area contributed by atoms with Crippen LogP contribution in [0.1, 0.15) is 36.4 Å². The number of aryl methyl sites for hydroxylation is 1. The zero-order valence-electron chi connectivity index (χ0n) is 17.8. The van der Waals surface area contributed by atoms with Gasteiger partial charge in [-0.2, -0.15) is 0 Å². The summed E-state index contributed by atoms with van der Waals surface area (Å²) in [6.45, 7) is 4.36. The molecule has 2 aliphatic rings. The summed E-state index contributed by atoms with van der Waals surface area (Å²) in [6.07, 6.45) is 5.54. The maximum atomic E-state index is 12.3. The van der Waals surface area contributed by atoms with Gasteiger partial charge in [-0.15, -0.1) is 0 Å². The Hall–Kier alpha value is -2.86. The highest BCUT2D eigenvalue weighted by Gasteiger charge is 2.34. The summed E-state index contributed by atoms with van der Waals surface area (Å²) in [7, 11) is 0. The Morgan fingerprint density at radius 1 is 1.10 bits per heavy atom. The van der Waals surface area contributed by atoms with Crippen molar-refractivity contribution in [1.82, 2.24) is 19.8 Å². The number of piperidine rings is 1. The molecule has 2 aromatic heterocycles. The minimum absolute atomic E-state index is 0.126. The van der Waals surface area contributed by atoms with E-state index in [0.29, 0.717) is 24.8 Å². The molecule has 1 amide bonds. The first-order valence-electron chi connectivity index (χ1n) is 11.4. The van der Waals surface area contributed by atoms with Gasteiger partial charge in [0.25, 0.3) is 5.56 Å². The lowest BCUT2D eigenvalue weighted by atomic mass is 9.83. The Balaban J connectivity index is 1.06. The molecule has 31 heavy (non-hydrogen) atoms. The third-order valence-electron chi connectivity index (χ3n) is 6.83. The van der Waals surface area contributed by atoms with Crippen LogP contribution >= 0.6 is 0 Å². The Bertz CT molecular complexity index is 1130. The summed E-state index contributed by atoms with van der Waals surface area (Å²) in [5, 5.41) is 4.35. The van der Waals surface area contributed by atoms with Crippen molar-refractivity contribution in [2.45, 2.75) is 38.1 Å². The predicted molar refractivity (Wildman–Crippen MR) is 122 cm³/mol. The molecule has 0 spiro atoms. The molecule has 0 unspecified atom stereocenters. The Kier molecular flexibility index (Phi) is 5.64. The molecule has 0 radical (unpaired) electrons. The van der Waals surface area contributed by atoms with Crippen molar-refractivity contribution in [3.63, 3.8) is 0 Å². The van der Waals surface area contributed by atoms with E-state index in [1.165, 1.54) is 23.1 Å². The van der Waals surface area contributed by atoms with E-state index in [2.05, 4.69) is 45.7 Å². The maximum Gasteiger partial charge on any atom is 0.250 e. The van der Waals surface area contributed by atoms with Gasteiger partial charge in [-0.1, -0.05) is 24.3 Å².